The van der Waals surface area contributed by atoms with Crippen LogP contribution in [0.25, 0.3) is 5.82 Å². The number of hydrogen-bond acceptors (Lipinski definition) is 6. The van der Waals surface area contributed by atoms with Crippen molar-refractivity contribution in [2.24, 2.45) is 0 Å². The Balaban J connectivity index is 1.42. The van der Waals surface area contributed by atoms with E-state index in [0.717, 1.165) is 28.4 Å². The number of carbonyl (C=O) groups is 2. The number of aryl methyl sites for hydroxylation is 2. The van der Waals surface area contributed by atoms with E-state index >= 15 is 0 Å². The summed E-state index contributed by atoms with van der Waals surface area (Å²) >= 11 is 1.76. The van der Waals surface area contributed by atoms with Crippen LogP contribution in [0.5, 0.6) is 0 Å². The first-order chi connectivity index (χ1) is 14.9. The maximum atomic E-state index is 12.8. The van der Waals surface area contributed by atoms with Gasteiger partial charge >= 0.3 is 5.97 Å². The topological polar surface area (TPSA) is 77.3 Å². The Hall–Kier alpha value is -3.13. The Morgan fingerprint density at radius 2 is 2.00 bits per heavy atom. The van der Waals surface area contributed by atoms with Crippen molar-refractivity contribution in [2.45, 2.75) is 37.3 Å². The number of ether oxygens (including phenoxy) is 1. The molecule has 1 aliphatic rings. The largest absolute Gasteiger partial charge is 0.452 e. The molecule has 0 saturated heterocycles. The molecule has 1 atom stereocenters. The van der Waals surface area contributed by atoms with E-state index in [-0.39, 0.29) is 12.5 Å². The SMILES string of the molecule is Cc1cc(C)n(-c2ccc(C(=O)OCC(=O)N3CCC(C)Sc4ccccc43)cn2)n1. The summed E-state index contributed by atoms with van der Waals surface area (Å²) in [5, 5.41) is 4.79. The number of hydrogen-bond donors (Lipinski definition) is 0. The Labute approximate surface area is 185 Å². The van der Waals surface area contributed by atoms with E-state index in [1.807, 2.05) is 44.2 Å². The lowest BCUT2D eigenvalue weighted by Gasteiger charge is -2.22. The first-order valence-corrected chi connectivity index (χ1v) is 11.0. The normalized spacial score (nSPS) is 15.8. The van der Waals surface area contributed by atoms with Crippen LogP contribution < -0.4 is 4.90 Å². The fourth-order valence-electron chi connectivity index (χ4n) is 3.53. The van der Waals surface area contributed by atoms with Crippen LogP contribution in [0, 0.1) is 13.8 Å². The highest BCUT2D eigenvalue weighted by atomic mass is 32.2. The number of aromatic nitrogens is 3. The molecule has 1 amide bonds. The average Bonchev–Trinajstić information content (AvgIpc) is 3.00. The number of esters is 1. The number of para-hydroxylation sites is 1. The number of pyridine rings is 1. The van der Waals surface area contributed by atoms with Crippen molar-refractivity contribution < 1.29 is 14.3 Å². The Morgan fingerprint density at radius 3 is 2.71 bits per heavy atom. The summed E-state index contributed by atoms with van der Waals surface area (Å²) in [4.78, 5) is 32.4. The van der Waals surface area contributed by atoms with Gasteiger partial charge in [-0.05, 0) is 50.6 Å². The Bertz CT molecular complexity index is 1110. The molecule has 3 heterocycles. The molecule has 8 heteroatoms. The minimum atomic E-state index is -0.577. The molecule has 1 unspecified atom stereocenters. The van der Waals surface area contributed by atoms with Crippen molar-refractivity contribution in [3.8, 4) is 5.82 Å². The average molecular weight is 437 g/mol. The van der Waals surface area contributed by atoms with Crippen molar-refractivity contribution in [3.63, 3.8) is 0 Å². The predicted octanol–water partition coefficient (Wildman–Crippen LogP) is 3.96. The van der Waals surface area contributed by atoms with E-state index in [0.29, 0.717) is 23.2 Å². The number of benzene rings is 1. The summed E-state index contributed by atoms with van der Waals surface area (Å²) < 4.78 is 7.01. The molecule has 1 aliphatic heterocycles. The number of rotatable bonds is 4. The maximum absolute atomic E-state index is 12.8. The molecule has 160 valence electrons. The monoisotopic (exact) mass is 436 g/mol. The second-order valence-corrected chi connectivity index (χ2v) is 9.03. The fourth-order valence-corrected chi connectivity index (χ4v) is 4.64. The van der Waals surface area contributed by atoms with E-state index in [1.54, 1.807) is 33.5 Å². The van der Waals surface area contributed by atoms with Gasteiger partial charge in [0.15, 0.2) is 12.4 Å². The third-order valence-electron chi connectivity index (χ3n) is 5.08. The lowest BCUT2D eigenvalue weighted by Crippen LogP contribution is -2.35. The number of fused-ring (bicyclic) bond motifs is 1. The van der Waals surface area contributed by atoms with Gasteiger partial charge in [0.05, 0.1) is 16.9 Å². The molecule has 1 aromatic carbocycles. The summed E-state index contributed by atoms with van der Waals surface area (Å²) in [5.74, 6) is -0.194. The van der Waals surface area contributed by atoms with E-state index in [4.69, 9.17) is 4.74 Å². The van der Waals surface area contributed by atoms with Crippen LogP contribution in [0.2, 0.25) is 0 Å². The lowest BCUT2D eigenvalue weighted by molar-refractivity contribution is -0.121. The standard InChI is InChI=1S/C23H24N4O3S/c1-15-12-16(2)27(25-15)21-9-8-18(13-24-21)23(29)30-14-22(28)26-11-10-17(3)31-20-7-5-4-6-19(20)26/h4-9,12-13,17H,10-11,14H2,1-3H3. The van der Waals surface area contributed by atoms with Crippen LogP contribution >= 0.6 is 11.8 Å². The molecule has 0 radical (unpaired) electrons. The molecule has 0 saturated carbocycles. The van der Waals surface area contributed by atoms with Gasteiger partial charge in [-0.2, -0.15) is 5.10 Å². The zero-order chi connectivity index (χ0) is 22.0. The molecule has 31 heavy (non-hydrogen) atoms. The third-order valence-corrected chi connectivity index (χ3v) is 6.32. The summed E-state index contributed by atoms with van der Waals surface area (Å²) in [6.07, 6.45) is 2.31. The van der Waals surface area contributed by atoms with Gasteiger partial charge in [-0.15, -0.1) is 11.8 Å². The zero-order valence-corrected chi connectivity index (χ0v) is 18.6. The van der Waals surface area contributed by atoms with Crippen LogP contribution in [-0.2, 0) is 9.53 Å². The third kappa shape index (κ3) is 4.64. The number of carbonyl (C=O) groups excluding carboxylic acids is 2. The van der Waals surface area contributed by atoms with Gasteiger partial charge in [0.2, 0.25) is 0 Å². The molecule has 0 aliphatic carbocycles. The van der Waals surface area contributed by atoms with Gasteiger partial charge in [0, 0.05) is 28.6 Å². The highest BCUT2D eigenvalue weighted by Crippen LogP contribution is 2.37. The maximum Gasteiger partial charge on any atom is 0.340 e. The van der Waals surface area contributed by atoms with Crippen molar-refractivity contribution >= 4 is 29.3 Å². The fraction of sp³-hybridized carbons (Fsp3) is 0.304. The van der Waals surface area contributed by atoms with Gasteiger partial charge in [-0.1, -0.05) is 19.1 Å². The molecule has 4 rings (SSSR count). The lowest BCUT2D eigenvalue weighted by atomic mass is 10.2. The summed E-state index contributed by atoms with van der Waals surface area (Å²) in [6, 6.07) is 13.1. The summed E-state index contributed by atoms with van der Waals surface area (Å²) in [5.41, 5.74) is 3.01. The molecule has 0 fully saturated rings. The molecule has 2 aromatic heterocycles. The number of thioether (sulfide) groups is 1. The number of amides is 1. The molecule has 0 N–H and O–H groups in total. The summed E-state index contributed by atoms with van der Waals surface area (Å²) in [7, 11) is 0. The first kappa shape index (κ1) is 21.1. The van der Waals surface area contributed by atoms with Crippen molar-refractivity contribution in [1.82, 2.24) is 14.8 Å². The van der Waals surface area contributed by atoms with Crippen LogP contribution in [0.4, 0.5) is 5.69 Å². The smallest absolute Gasteiger partial charge is 0.340 e. The van der Waals surface area contributed by atoms with Gasteiger partial charge in [0.25, 0.3) is 5.91 Å². The molecule has 0 bridgehead atoms. The van der Waals surface area contributed by atoms with Crippen LogP contribution in [-0.4, -0.2) is 45.0 Å². The van der Waals surface area contributed by atoms with Gasteiger partial charge in [-0.3, -0.25) is 4.79 Å². The van der Waals surface area contributed by atoms with E-state index in [1.165, 1.54) is 6.20 Å². The first-order valence-electron chi connectivity index (χ1n) is 10.2. The molecule has 3 aromatic rings. The molecule has 7 nitrogen and oxygen atoms in total. The van der Waals surface area contributed by atoms with E-state index < -0.39 is 5.97 Å². The number of nitrogens with zero attached hydrogens (tertiary/aromatic N) is 4. The van der Waals surface area contributed by atoms with Crippen LogP contribution in [0.3, 0.4) is 0 Å². The van der Waals surface area contributed by atoms with Crippen molar-refractivity contribution in [2.75, 3.05) is 18.1 Å². The number of anilines is 1. The van der Waals surface area contributed by atoms with Crippen molar-refractivity contribution in [1.29, 1.82) is 0 Å². The van der Waals surface area contributed by atoms with Gasteiger partial charge in [0.1, 0.15) is 0 Å². The second kappa shape index (κ2) is 8.93. The van der Waals surface area contributed by atoms with E-state index in [9.17, 15) is 9.59 Å². The highest BCUT2D eigenvalue weighted by molar-refractivity contribution is 8.00. The molecular formula is C23H24N4O3S. The van der Waals surface area contributed by atoms with Crippen molar-refractivity contribution in [3.05, 3.63) is 65.6 Å². The Morgan fingerprint density at radius 1 is 1.19 bits per heavy atom. The quantitative estimate of drug-likeness (QED) is 0.576. The second-order valence-electron chi connectivity index (χ2n) is 7.55. The Kier molecular flexibility index (Phi) is 6.08. The summed E-state index contributed by atoms with van der Waals surface area (Å²) in [6.45, 7) is 6.29. The highest BCUT2D eigenvalue weighted by Gasteiger charge is 2.25. The van der Waals surface area contributed by atoms with E-state index in [2.05, 4.69) is 17.0 Å². The minimum absolute atomic E-state index is 0.234. The molecule has 0 spiro atoms. The van der Waals surface area contributed by atoms with Gasteiger partial charge in [-0.25, -0.2) is 14.5 Å². The van der Waals surface area contributed by atoms with Crippen LogP contribution in [0.15, 0.2) is 53.6 Å². The predicted molar refractivity (Wildman–Crippen MR) is 120 cm³/mol. The minimum Gasteiger partial charge on any atom is -0.452 e. The molecular weight excluding hydrogens is 412 g/mol. The van der Waals surface area contributed by atoms with Crippen LogP contribution in [0.1, 0.15) is 35.1 Å². The zero-order valence-electron chi connectivity index (χ0n) is 17.7. The van der Waals surface area contributed by atoms with Gasteiger partial charge < -0.3 is 9.64 Å².